The molecule has 1 N–H and O–H groups in total. The molecular weight excluding hydrogens is 198 g/mol. The van der Waals surface area contributed by atoms with E-state index in [4.69, 9.17) is 4.74 Å². The zero-order valence-corrected chi connectivity index (χ0v) is 11.1. The van der Waals surface area contributed by atoms with Crippen LogP contribution in [0.1, 0.15) is 30.5 Å². The molecule has 16 heavy (non-hydrogen) atoms. The molecule has 0 unspecified atom stereocenters. The highest BCUT2D eigenvalue weighted by Crippen LogP contribution is 2.25. The fourth-order valence-electron chi connectivity index (χ4n) is 1.65. The molecule has 0 fully saturated rings. The van der Waals surface area contributed by atoms with Crippen LogP contribution in [-0.4, -0.2) is 19.2 Å². The van der Waals surface area contributed by atoms with Crippen molar-refractivity contribution in [3.8, 4) is 5.75 Å². The number of ether oxygens (including phenoxy) is 1. The van der Waals surface area contributed by atoms with E-state index >= 15 is 0 Å². The van der Waals surface area contributed by atoms with Crippen LogP contribution in [0.3, 0.4) is 0 Å². The maximum absolute atomic E-state index is 5.84. The fraction of sp³-hybridized carbons (Fsp3) is 0.571. The first kappa shape index (κ1) is 13.0. The lowest BCUT2D eigenvalue weighted by atomic mass is 10.1. The van der Waals surface area contributed by atoms with Crippen molar-refractivity contribution in [1.82, 2.24) is 5.32 Å². The molecule has 2 heteroatoms. The summed E-state index contributed by atoms with van der Waals surface area (Å²) in [5, 5.41) is 3.34. The number of benzene rings is 1. The van der Waals surface area contributed by atoms with Crippen LogP contribution in [0.15, 0.2) is 12.1 Å². The van der Waals surface area contributed by atoms with Crippen LogP contribution < -0.4 is 10.1 Å². The van der Waals surface area contributed by atoms with Crippen LogP contribution in [-0.2, 0) is 0 Å². The molecule has 0 saturated heterocycles. The largest absolute Gasteiger partial charge is 0.492 e. The van der Waals surface area contributed by atoms with Gasteiger partial charge in [-0.15, -0.1) is 0 Å². The summed E-state index contributed by atoms with van der Waals surface area (Å²) in [6, 6.07) is 4.78. The maximum atomic E-state index is 5.84. The molecule has 0 aliphatic carbocycles. The van der Waals surface area contributed by atoms with Crippen molar-refractivity contribution in [3.05, 3.63) is 28.8 Å². The highest BCUT2D eigenvalue weighted by atomic mass is 16.5. The molecule has 0 heterocycles. The molecule has 2 nitrogen and oxygen atoms in total. The van der Waals surface area contributed by atoms with Gasteiger partial charge in [-0.3, -0.25) is 0 Å². The van der Waals surface area contributed by atoms with E-state index in [9.17, 15) is 0 Å². The number of hydrogen-bond acceptors (Lipinski definition) is 2. The number of aryl methyl sites for hydroxylation is 2. The smallest absolute Gasteiger partial charge is 0.125 e. The van der Waals surface area contributed by atoms with Crippen LogP contribution in [0.2, 0.25) is 0 Å². The molecule has 90 valence electrons. The third-order valence-corrected chi connectivity index (χ3v) is 2.77. The second kappa shape index (κ2) is 5.90. The summed E-state index contributed by atoms with van der Waals surface area (Å²) in [7, 11) is 0. The van der Waals surface area contributed by atoms with Crippen molar-refractivity contribution in [2.45, 2.75) is 40.7 Å². The zero-order chi connectivity index (χ0) is 12.1. The molecule has 0 aliphatic rings. The van der Waals surface area contributed by atoms with Gasteiger partial charge >= 0.3 is 0 Å². The van der Waals surface area contributed by atoms with E-state index in [1.54, 1.807) is 0 Å². The summed E-state index contributed by atoms with van der Waals surface area (Å²) in [5.41, 5.74) is 3.76. The molecule has 0 spiro atoms. The number of rotatable bonds is 5. The zero-order valence-electron chi connectivity index (χ0n) is 11.1. The summed E-state index contributed by atoms with van der Waals surface area (Å²) >= 11 is 0. The first-order valence-corrected chi connectivity index (χ1v) is 5.95. The molecule has 1 aromatic carbocycles. The van der Waals surface area contributed by atoms with E-state index in [1.807, 2.05) is 0 Å². The summed E-state index contributed by atoms with van der Waals surface area (Å²) in [5.74, 6) is 1.05. The summed E-state index contributed by atoms with van der Waals surface area (Å²) < 4.78 is 5.84. The Bertz CT molecular complexity index is 345. The van der Waals surface area contributed by atoms with Crippen LogP contribution in [0.25, 0.3) is 0 Å². The summed E-state index contributed by atoms with van der Waals surface area (Å²) in [6.45, 7) is 12.2. The van der Waals surface area contributed by atoms with Gasteiger partial charge in [0, 0.05) is 12.6 Å². The van der Waals surface area contributed by atoms with Gasteiger partial charge < -0.3 is 10.1 Å². The monoisotopic (exact) mass is 221 g/mol. The minimum atomic E-state index is 0.517. The first-order chi connectivity index (χ1) is 7.52. The second-order valence-electron chi connectivity index (χ2n) is 4.61. The standard InChI is InChI=1S/C14H23NO/c1-10(2)15-8-9-16-14-12(4)7-6-11(3)13(14)5/h6-7,10,15H,8-9H2,1-5H3. The lowest BCUT2D eigenvalue weighted by Gasteiger charge is -2.15. The predicted molar refractivity (Wildman–Crippen MR) is 69.3 cm³/mol. The van der Waals surface area contributed by atoms with Crippen LogP contribution >= 0.6 is 0 Å². The minimum absolute atomic E-state index is 0.517. The topological polar surface area (TPSA) is 21.3 Å². The number of nitrogens with one attached hydrogen (secondary N) is 1. The van der Waals surface area contributed by atoms with Crippen molar-refractivity contribution in [2.75, 3.05) is 13.2 Å². The van der Waals surface area contributed by atoms with Gasteiger partial charge in [0.2, 0.25) is 0 Å². The van der Waals surface area contributed by atoms with Gasteiger partial charge in [0.15, 0.2) is 0 Å². The first-order valence-electron chi connectivity index (χ1n) is 5.95. The SMILES string of the molecule is Cc1ccc(C)c(OCCNC(C)C)c1C. The molecule has 0 radical (unpaired) electrons. The average Bonchev–Trinajstić information content (AvgIpc) is 2.22. The Morgan fingerprint density at radius 1 is 1.12 bits per heavy atom. The van der Waals surface area contributed by atoms with Crippen LogP contribution in [0, 0.1) is 20.8 Å². The highest BCUT2D eigenvalue weighted by Gasteiger charge is 2.05. The average molecular weight is 221 g/mol. The Labute approximate surface area is 99.0 Å². The van der Waals surface area contributed by atoms with E-state index in [0.717, 1.165) is 18.9 Å². The van der Waals surface area contributed by atoms with Gasteiger partial charge in [-0.05, 0) is 37.5 Å². The van der Waals surface area contributed by atoms with E-state index in [2.05, 4.69) is 52.1 Å². The lowest BCUT2D eigenvalue weighted by molar-refractivity contribution is 0.305. The summed E-state index contributed by atoms with van der Waals surface area (Å²) in [6.07, 6.45) is 0. The van der Waals surface area contributed by atoms with E-state index in [1.165, 1.54) is 16.7 Å². The third kappa shape index (κ3) is 3.53. The number of hydrogen-bond donors (Lipinski definition) is 1. The Kier molecular flexibility index (Phi) is 4.81. The van der Waals surface area contributed by atoms with Crippen molar-refractivity contribution in [1.29, 1.82) is 0 Å². The van der Waals surface area contributed by atoms with E-state index in [0.29, 0.717) is 6.04 Å². The van der Waals surface area contributed by atoms with Crippen molar-refractivity contribution in [3.63, 3.8) is 0 Å². The molecule has 1 rings (SSSR count). The van der Waals surface area contributed by atoms with Gasteiger partial charge in [-0.25, -0.2) is 0 Å². The van der Waals surface area contributed by atoms with Crippen molar-refractivity contribution >= 4 is 0 Å². The molecule has 0 saturated carbocycles. The van der Waals surface area contributed by atoms with Crippen molar-refractivity contribution in [2.24, 2.45) is 0 Å². The molecular formula is C14H23NO. The molecule has 0 amide bonds. The van der Waals surface area contributed by atoms with Gasteiger partial charge in [0.05, 0.1) is 0 Å². The normalized spacial score (nSPS) is 10.9. The lowest BCUT2D eigenvalue weighted by Crippen LogP contribution is -2.27. The Balaban J connectivity index is 2.56. The van der Waals surface area contributed by atoms with Crippen LogP contribution in [0.5, 0.6) is 5.75 Å². The fourth-order valence-corrected chi connectivity index (χ4v) is 1.65. The van der Waals surface area contributed by atoms with E-state index in [-0.39, 0.29) is 0 Å². The highest BCUT2D eigenvalue weighted by molar-refractivity contribution is 5.44. The maximum Gasteiger partial charge on any atom is 0.125 e. The Morgan fingerprint density at radius 2 is 1.75 bits per heavy atom. The molecule has 0 aromatic heterocycles. The summed E-state index contributed by atoms with van der Waals surface area (Å²) in [4.78, 5) is 0. The van der Waals surface area contributed by atoms with Gasteiger partial charge in [-0.2, -0.15) is 0 Å². The Morgan fingerprint density at radius 3 is 2.38 bits per heavy atom. The Hall–Kier alpha value is -1.02. The quantitative estimate of drug-likeness (QED) is 0.772. The second-order valence-corrected chi connectivity index (χ2v) is 4.61. The predicted octanol–water partition coefficient (Wildman–Crippen LogP) is 2.99. The van der Waals surface area contributed by atoms with E-state index < -0.39 is 0 Å². The molecule has 0 bridgehead atoms. The van der Waals surface area contributed by atoms with Gasteiger partial charge in [0.25, 0.3) is 0 Å². The van der Waals surface area contributed by atoms with Gasteiger partial charge in [-0.1, -0.05) is 26.0 Å². The molecule has 0 aliphatic heterocycles. The molecule has 0 atom stereocenters. The minimum Gasteiger partial charge on any atom is -0.492 e. The third-order valence-electron chi connectivity index (χ3n) is 2.77. The van der Waals surface area contributed by atoms with Gasteiger partial charge in [0.1, 0.15) is 12.4 Å². The molecule has 1 aromatic rings. The van der Waals surface area contributed by atoms with Crippen molar-refractivity contribution < 1.29 is 4.74 Å². The van der Waals surface area contributed by atoms with Crippen LogP contribution in [0.4, 0.5) is 0 Å².